The fourth-order valence-electron chi connectivity index (χ4n) is 1.89. The highest BCUT2D eigenvalue weighted by molar-refractivity contribution is 6.30. The molecule has 2 rings (SSSR count). The van der Waals surface area contributed by atoms with Crippen molar-refractivity contribution in [2.24, 2.45) is 0 Å². The van der Waals surface area contributed by atoms with Gasteiger partial charge in [-0.05, 0) is 45.9 Å². The second-order valence-electron chi connectivity index (χ2n) is 6.08. The van der Waals surface area contributed by atoms with E-state index in [1.165, 1.54) is 0 Å². The summed E-state index contributed by atoms with van der Waals surface area (Å²) in [5, 5.41) is 10.6. The second-order valence-corrected chi connectivity index (χ2v) is 6.52. The number of amides is 1. The Morgan fingerprint density at radius 3 is 2.55 bits per heavy atom. The molecule has 6 heteroatoms. The number of nitrogens with one attached hydrogen (secondary N) is 2. The van der Waals surface area contributed by atoms with Crippen LogP contribution in [0.15, 0.2) is 30.3 Å². The lowest BCUT2D eigenvalue weighted by molar-refractivity contribution is 0.0507. The van der Waals surface area contributed by atoms with Gasteiger partial charge in [0.2, 0.25) is 0 Å². The number of nitrogens with zero attached hydrogens (tertiary/aromatic N) is 1. The number of carbonyl (C=O) groups excluding carboxylic acids is 1. The summed E-state index contributed by atoms with van der Waals surface area (Å²) < 4.78 is 5.24. The first-order chi connectivity index (χ1) is 10.2. The van der Waals surface area contributed by atoms with Gasteiger partial charge in [0.1, 0.15) is 5.60 Å². The fraction of sp³-hybridized carbons (Fsp3) is 0.375. The van der Waals surface area contributed by atoms with Crippen molar-refractivity contribution < 1.29 is 9.53 Å². The van der Waals surface area contributed by atoms with Crippen molar-refractivity contribution in [3.05, 3.63) is 41.0 Å². The molecule has 1 aromatic heterocycles. The van der Waals surface area contributed by atoms with Gasteiger partial charge in [-0.3, -0.25) is 5.10 Å². The Bertz CT molecular complexity index is 644. The van der Waals surface area contributed by atoms with Gasteiger partial charge < -0.3 is 10.1 Å². The molecule has 0 unspecified atom stereocenters. The van der Waals surface area contributed by atoms with Crippen LogP contribution in [-0.2, 0) is 4.74 Å². The predicted octanol–water partition coefficient (Wildman–Crippen LogP) is 4.32. The molecule has 2 N–H and O–H groups in total. The normalized spacial score (nSPS) is 12.8. The molecule has 1 heterocycles. The van der Waals surface area contributed by atoms with Gasteiger partial charge in [0.15, 0.2) is 0 Å². The first kappa shape index (κ1) is 16.4. The summed E-state index contributed by atoms with van der Waals surface area (Å²) in [6.07, 6.45) is -0.456. The van der Waals surface area contributed by atoms with Crippen molar-refractivity contribution in [1.29, 1.82) is 0 Å². The minimum atomic E-state index is -0.522. The molecule has 0 aliphatic carbocycles. The van der Waals surface area contributed by atoms with Crippen LogP contribution >= 0.6 is 11.6 Å². The third-order valence-corrected chi connectivity index (χ3v) is 3.19. The molecule has 0 fully saturated rings. The molecular weight excluding hydrogens is 302 g/mol. The molecule has 0 saturated carbocycles. The summed E-state index contributed by atoms with van der Waals surface area (Å²) in [6, 6.07) is 9.08. The molecule has 0 saturated heterocycles. The number of benzene rings is 1. The molecule has 118 valence electrons. The van der Waals surface area contributed by atoms with E-state index in [0.29, 0.717) is 5.02 Å². The highest BCUT2D eigenvalue weighted by Crippen LogP contribution is 2.22. The zero-order valence-electron chi connectivity index (χ0n) is 13.1. The molecule has 0 aliphatic rings. The van der Waals surface area contributed by atoms with Gasteiger partial charge in [-0.2, -0.15) is 5.10 Å². The Hall–Kier alpha value is -2.01. The number of halogens is 1. The average molecular weight is 322 g/mol. The smallest absolute Gasteiger partial charge is 0.408 e. The summed E-state index contributed by atoms with van der Waals surface area (Å²) in [5.41, 5.74) is 2.03. The first-order valence-corrected chi connectivity index (χ1v) is 7.43. The second kappa shape index (κ2) is 6.40. The van der Waals surface area contributed by atoms with Crippen molar-refractivity contribution in [2.45, 2.75) is 39.3 Å². The van der Waals surface area contributed by atoms with E-state index < -0.39 is 11.7 Å². The van der Waals surface area contributed by atoms with Gasteiger partial charge in [0.05, 0.1) is 17.4 Å². The van der Waals surface area contributed by atoms with Crippen LogP contribution in [0.3, 0.4) is 0 Å². The molecule has 0 spiro atoms. The van der Waals surface area contributed by atoms with E-state index in [2.05, 4.69) is 15.5 Å². The van der Waals surface area contributed by atoms with Crippen molar-refractivity contribution in [1.82, 2.24) is 15.5 Å². The van der Waals surface area contributed by atoms with E-state index in [1.807, 2.05) is 58.0 Å². The Labute approximate surface area is 135 Å². The predicted molar refractivity (Wildman–Crippen MR) is 86.8 cm³/mol. The number of carbonyl (C=O) groups is 1. The summed E-state index contributed by atoms with van der Waals surface area (Å²) in [6.45, 7) is 7.34. The monoisotopic (exact) mass is 321 g/mol. The number of aromatic nitrogens is 2. The Kier molecular flexibility index (Phi) is 4.76. The van der Waals surface area contributed by atoms with Crippen LogP contribution in [0.25, 0.3) is 11.3 Å². The van der Waals surface area contributed by atoms with Gasteiger partial charge in [-0.25, -0.2) is 4.79 Å². The van der Waals surface area contributed by atoms with E-state index in [0.717, 1.165) is 17.0 Å². The van der Waals surface area contributed by atoms with Crippen molar-refractivity contribution in [3.63, 3.8) is 0 Å². The third kappa shape index (κ3) is 4.49. The summed E-state index contributed by atoms with van der Waals surface area (Å²) in [4.78, 5) is 11.8. The van der Waals surface area contributed by atoms with Gasteiger partial charge in [-0.1, -0.05) is 23.7 Å². The first-order valence-electron chi connectivity index (χ1n) is 7.05. The SMILES string of the molecule is C[C@H](NC(=O)OC(C)(C)C)c1cc(-c2ccc(Cl)cc2)n[nH]1. The highest BCUT2D eigenvalue weighted by atomic mass is 35.5. The number of hydrogen-bond donors (Lipinski definition) is 2. The lowest BCUT2D eigenvalue weighted by atomic mass is 10.1. The molecule has 2 aromatic rings. The molecule has 0 aliphatic heterocycles. The molecule has 1 atom stereocenters. The largest absolute Gasteiger partial charge is 0.444 e. The zero-order valence-corrected chi connectivity index (χ0v) is 13.9. The van der Waals surface area contributed by atoms with Gasteiger partial charge in [-0.15, -0.1) is 0 Å². The Morgan fingerprint density at radius 1 is 1.32 bits per heavy atom. The molecule has 0 bridgehead atoms. The lowest BCUT2D eigenvalue weighted by Gasteiger charge is -2.21. The zero-order chi connectivity index (χ0) is 16.3. The molecular formula is C16H20ClN3O2. The minimum absolute atomic E-state index is 0.233. The van der Waals surface area contributed by atoms with Crippen LogP contribution < -0.4 is 5.32 Å². The van der Waals surface area contributed by atoms with E-state index in [9.17, 15) is 4.79 Å². The summed E-state index contributed by atoms with van der Waals surface area (Å²) in [5.74, 6) is 0. The Morgan fingerprint density at radius 2 is 1.95 bits per heavy atom. The standard InChI is InChI=1S/C16H20ClN3O2/c1-10(18-15(21)22-16(2,3)4)13-9-14(20-19-13)11-5-7-12(17)8-6-11/h5-10H,1-4H3,(H,18,21)(H,19,20)/t10-/m0/s1. The van der Waals surface area contributed by atoms with Gasteiger partial charge in [0.25, 0.3) is 0 Å². The van der Waals surface area contributed by atoms with Crippen molar-refractivity contribution in [3.8, 4) is 11.3 Å². The van der Waals surface area contributed by atoms with E-state index in [4.69, 9.17) is 16.3 Å². The van der Waals surface area contributed by atoms with Crippen LogP contribution in [0.4, 0.5) is 4.79 Å². The van der Waals surface area contributed by atoms with Crippen LogP contribution in [0.2, 0.25) is 5.02 Å². The molecule has 5 nitrogen and oxygen atoms in total. The minimum Gasteiger partial charge on any atom is -0.444 e. The molecule has 1 amide bonds. The van der Waals surface area contributed by atoms with Gasteiger partial charge in [0, 0.05) is 10.6 Å². The third-order valence-electron chi connectivity index (χ3n) is 2.94. The maximum absolute atomic E-state index is 11.8. The molecule has 0 radical (unpaired) electrons. The summed E-state index contributed by atoms with van der Waals surface area (Å²) >= 11 is 5.88. The van der Waals surface area contributed by atoms with E-state index >= 15 is 0 Å². The Balaban J connectivity index is 2.04. The highest BCUT2D eigenvalue weighted by Gasteiger charge is 2.19. The van der Waals surface area contributed by atoms with E-state index in [-0.39, 0.29) is 6.04 Å². The summed E-state index contributed by atoms with van der Waals surface area (Å²) in [7, 11) is 0. The van der Waals surface area contributed by atoms with Crippen molar-refractivity contribution in [2.75, 3.05) is 0 Å². The average Bonchev–Trinajstić information content (AvgIpc) is 2.86. The van der Waals surface area contributed by atoms with E-state index in [1.54, 1.807) is 0 Å². The van der Waals surface area contributed by atoms with Gasteiger partial charge >= 0.3 is 6.09 Å². The van der Waals surface area contributed by atoms with Crippen LogP contribution in [0, 0.1) is 0 Å². The fourth-order valence-corrected chi connectivity index (χ4v) is 2.02. The number of alkyl carbamates (subject to hydrolysis) is 1. The maximum atomic E-state index is 11.8. The number of H-pyrrole nitrogens is 1. The van der Waals surface area contributed by atoms with Crippen LogP contribution in [-0.4, -0.2) is 21.9 Å². The number of hydrogen-bond acceptors (Lipinski definition) is 3. The lowest BCUT2D eigenvalue weighted by Crippen LogP contribution is -2.34. The number of rotatable bonds is 3. The topological polar surface area (TPSA) is 67.0 Å². The molecule has 22 heavy (non-hydrogen) atoms. The van der Waals surface area contributed by atoms with Crippen LogP contribution in [0.5, 0.6) is 0 Å². The molecule has 1 aromatic carbocycles. The number of ether oxygens (including phenoxy) is 1. The quantitative estimate of drug-likeness (QED) is 0.884. The van der Waals surface area contributed by atoms with Crippen molar-refractivity contribution >= 4 is 17.7 Å². The number of aromatic amines is 1. The maximum Gasteiger partial charge on any atom is 0.408 e. The van der Waals surface area contributed by atoms with Crippen LogP contribution in [0.1, 0.15) is 39.4 Å².